The molecule has 0 atom stereocenters. The van der Waals surface area contributed by atoms with Crippen molar-refractivity contribution in [1.82, 2.24) is 9.29 Å². The van der Waals surface area contributed by atoms with Crippen LogP contribution >= 0.6 is 34.5 Å². The van der Waals surface area contributed by atoms with E-state index in [0.717, 1.165) is 6.07 Å². The van der Waals surface area contributed by atoms with E-state index in [4.69, 9.17) is 23.2 Å². The molecular weight excluding hydrogens is 475 g/mol. The van der Waals surface area contributed by atoms with Crippen LogP contribution in [-0.4, -0.2) is 43.9 Å². The highest BCUT2D eigenvalue weighted by Gasteiger charge is 2.31. The van der Waals surface area contributed by atoms with Crippen LogP contribution in [0.3, 0.4) is 0 Å². The van der Waals surface area contributed by atoms with Crippen molar-refractivity contribution in [3.63, 3.8) is 0 Å². The van der Waals surface area contributed by atoms with E-state index in [1.807, 2.05) is 4.90 Å². The van der Waals surface area contributed by atoms with Crippen molar-refractivity contribution < 1.29 is 17.2 Å². The lowest BCUT2D eigenvalue weighted by Gasteiger charge is -2.33. The number of anilines is 1. The second kappa shape index (κ2) is 8.39. The number of hydrogen-bond acceptors (Lipinski definition) is 5. The van der Waals surface area contributed by atoms with Gasteiger partial charge in [0.1, 0.15) is 16.5 Å². The van der Waals surface area contributed by atoms with Gasteiger partial charge in [0.05, 0.1) is 10.7 Å². The standard InChI is InChI=1S/C19H15Cl2F2N3O2S2/c20-13-1-2-18(16(21)9-13)30(27,28)26-5-3-25(4-6-26)19-24-17(11-29-19)12-7-14(22)10-15(23)8-12/h1-2,7-11H,3-6H2. The molecule has 0 bridgehead atoms. The molecule has 30 heavy (non-hydrogen) atoms. The third-order valence-corrected chi connectivity index (χ3v) is 8.19. The summed E-state index contributed by atoms with van der Waals surface area (Å²) >= 11 is 13.3. The fourth-order valence-corrected chi connectivity index (χ4v) is 6.24. The highest BCUT2D eigenvalue weighted by Crippen LogP contribution is 2.31. The third-order valence-electron chi connectivity index (χ3n) is 4.67. The fourth-order valence-electron chi connectivity index (χ4n) is 3.19. The molecule has 0 spiro atoms. The molecule has 0 N–H and O–H groups in total. The number of hydrogen-bond donors (Lipinski definition) is 0. The van der Waals surface area contributed by atoms with Gasteiger partial charge < -0.3 is 4.90 Å². The van der Waals surface area contributed by atoms with Crippen LogP contribution in [-0.2, 0) is 10.0 Å². The van der Waals surface area contributed by atoms with Crippen molar-refractivity contribution in [3.05, 3.63) is 63.5 Å². The lowest BCUT2D eigenvalue weighted by atomic mass is 10.1. The Hall–Kier alpha value is -1.78. The zero-order valence-corrected chi connectivity index (χ0v) is 18.5. The van der Waals surface area contributed by atoms with Gasteiger partial charge in [0.2, 0.25) is 10.0 Å². The van der Waals surface area contributed by atoms with Crippen LogP contribution in [0, 0.1) is 11.6 Å². The summed E-state index contributed by atoms with van der Waals surface area (Å²) in [5.74, 6) is -1.33. The van der Waals surface area contributed by atoms with E-state index in [-0.39, 0.29) is 23.0 Å². The van der Waals surface area contributed by atoms with Crippen molar-refractivity contribution in [2.24, 2.45) is 0 Å². The number of sulfonamides is 1. The summed E-state index contributed by atoms with van der Waals surface area (Å²) in [6.45, 7) is 1.36. The van der Waals surface area contributed by atoms with Crippen LogP contribution in [0.2, 0.25) is 10.0 Å². The summed E-state index contributed by atoms with van der Waals surface area (Å²) in [4.78, 5) is 6.43. The lowest BCUT2D eigenvalue weighted by molar-refractivity contribution is 0.385. The van der Waals surface area contributed by atoms with Gasteiger partial charge in [-0.2, -0.15) is 4.31 Å². The fraction of sp³-hybridized carbons (Fsp3) is 0.211. The van der Waals surface area contributed by atoms with Gasteiger partial charge in [-0.05, 0) is 30.3 Å². The second-order valence-corrected chi connectivity index (χ2v) is 10.2. The van der Waals surface area contributed by atoms with E-state index in [1.54, 1.807) is 5.38 Å². The number of nitrogens with zero attached hydrogens (tertiary/aromatic N) is 3. The molecule has 3 aromatic rings. The van der Waals surface area contributed by atoms with Gasteiger partial charge >= 0.3 is 0 Å². The molecule has 1 saturated heterocycles. The maximum atomic E-state index is 13.5. The van der Waals surface area contributed by atoms with E-state index in [2.05, 4.69) is 4.98 Å². The molecule has 158 valence electrons. The zero-order chi connectivity index (χ0) is 21.5. The molecule has 0 saturated carbocycles. The van der Waals surface area contributed by atoms with E-state index in [0.29, 0.717) is 34.5 Å². The highest BCUT2D eigenvalue weighted by molar-refractivity contribution is 7.89. The minimum absolute atomic E-state index is 0.0201. The molecule has 2 heterocycles. The van der Waals surface area contributed by atoms with Crippen molar-refractivity contribution in [2.45, 2.75) is 4.90 Å². The molecule has 1 aliphatic heterocycles. The topological polar surface area (TPSA) is 53.5 Å². The first-order chi connectivity index (χ1) is 14.2. The Kier molecular flexibility index (Phi) is 6.00. The first kappa shape index (κ1) is 21.5. The lowest BCUT2D eigenvalue weighted by Crippen LogP contribution is -2.48. The van der Waals surface area contributed by atoms with Gasteiger partial charge in [-0.3, -0.25) is 0 Å². The van der Waals surface area contributed by atoms with Crippen LogP contribution in [0.5, 0.6) is 0 Å². The summed E-state index contributed by atoms with van der Waals surface area (Å²) in [5.41, 5.74) is 0.824. The Morgan fingerprint density at radius 1 is 0.967 bits per heavy atom. The quantitative estimate of drug-likeness (QED) is 0.522. The van der Waals surface area contributed by atoms with E-state index in [9.17, 15) is 17.2 Å². The summed E-state index contributed by atoms with van der Waals surface area (Å²) in [6, 6.07) is 7.55. The largest absolute Gasteiger partial charge is 0.345 e. The van der Waals surface area contributed by atoms with E-state index in [1.165, 1.54) is 46.0 Å². The molecule has 2 aromatic carbocycles. The first-order valence-corrected chi connectivity index (χ1v) is 11.9. The van der Waals surface area contributed by atoms with Crippen LogP contribution in [0.15, 0.2) is 46.7 Å². The van der Waals surface area contributed by atoms with Gasteiger partial charge in [-0.25, -0.2) is 22.2 Å². The SMILES string of the molecule is O=S(=O)(c1ccc(Cl)cc1Cl)N1CCN(c2nc(-c3cc(F)cc(F)c3)cs2)CC1. The number of thiazole rings is 1. The van der Waals surface area contributed by atoms with Gasteiger partial charge in [-0.1, -0.05) is 23.2 Å². The van der Waals surface area contributed by atoms with Crippen LogP contribution < -0.4 is 4.90 Å². The first-order valence-electron chi connectivity index (χ1n) is 8.86. The van der Waals surface area contributed by atoms with Crippen LogP contribution in [0.4, 0.5) is 13.9 Å². The minimum atomic E-state index is -3.75. The number of aromatic nitrogens is 1. The molecule has 4 rings (SSSR count). The van der Waals surface area contributed by atoms with E-state index >= 15 is 0 Å². The Morgan fingerprint density at radius 2 is 1.63 bits per heavy atom. The predicted molar refractivity (Wildman–Crippen MR) is 115 cm³/mol. The zero-order valence-electron chi connectivity index (χ0n) is 15.4. The molecule has 1 fully saturated rings. The second-order valence-electron chi connectivity index (χ2n) is 6.64. The number of piperazine rings is 1. The molecule has 1 aliphatic rings. The number of rotatable bonds is 4. The molecule has 5 nitrogen and oxygen atoms in total. The van der Waals surface area contributed by atoms with Crippen molar-refractivity contribution in [1.29, 1.82) is 0 Å². The monoisotopic (exact) mass is 489 g/mol. The number of halogens is 4. The molecule has 0 radical (unpaired) electrons. The molecule has 1 aromatic heterocycles. The van der Waals surface area contributed by atoms with Crippen molar-refractivity contribution in [3.8, 4) is 11.3 Å². The average molecular weight is 490 g/mol. The Labute approximate surface area is 186 Å². The van der Waals surface area contributed by atoms with Gasteiger partial charge in [-0.15, -0.1) is 11.3 Å². The Bertz CT molecular complexity index is 1180. The Balaban J connectivity index is 1.48. The highest BCUT2D eigenvalue weighted by atomic mass is 35.5. The molecule has 0 amide bonds. The van der Waals surface area contributed by atoms with Crippen LogP contribution in [0.25, 0.3) is 11.3 Å². The molecular formula is C19H15Cl2F2N3O2S2. The van der Waals surface area contributed by atoms with E-state index < -0.39 is 21.7 Å². The smallest absolute Gasteiger partial charge is 0.244 e. The Morgan fingerprint density at radius 3 is 2.27 bits per heavy atom. The molecule has 0 unspecified atom stereocenters. The number of benzene rings is 2. The van der Waals surface area contributed by atoms with Gasteiger partial charge in [0, 0.05) is 48.2 Å². The summed E-state index contributed by atoms with van der Waals surface area (Å²) in [6.07, 6.45) is 0. The summed E-state index contributed by atoms with van der Waals surface area (Å²) < 4.78 is 54.1. The summed E-state index contributed by atoms with van der Waals surface area (Å²) in [7, 11) is -3.75. The van der Waals surface area contributed by atoms with Crippen molar-refractivity contribution >= 4 is 49.7 Å². The maximum absolute atomic E-state index is 13.5. The minimum Gasteiger partial charge on any atom is -0.345 e. The van der Waals surface area contributed by atoms with Gasteiger partial charge in [0.25, 0.3) is 0 Å². The molecule has 11 heteroatoms. The van der Waals surface area contributed by atoms with Crippen LogP contribution in [0.1, 0.15) is 0 Å². The molecule has 0 aliphatic carbocycles. The third kappa shape index (κ3) is 4.31. The normalized spacial score (nSPS) is 15.5. The van der Waals surface area contributed by atoms with Crippen molar-refractivity contribution in [2.75, 3.05) is 31.1 Å². The summed E-state index contributed by atoms with van der Waals surface area (Å²) in [5, 5.41) is 2.83. The maximum Gasteiger partial charge on any atom is 0.244 e. The predicted octanol–water partition coefficient (Wildman–Crippen LogP) is 4.91. The average Bonchev–Trinajstić information content (AvgIpc) is 3.17. The van der Waals surface area contributed by atoms with Gasteiger partial charge in [0.15, 0.2) is 5.13 Å².